The second-order valence-corrected chi connectivity index (χ2v) is 5.53. The van der Waals surface area contributed by atoms with Crippen molar-refractivity contribution in [1.29, 1.82) is 0 Å². The molecule has 0 saturated carbocycles. The van der Waals surface area contributed by atoms with Crippen LogP contribution in [0, 0.1) is 0 Å². The summed E-state index contributed by atoms with van der Waals surface area (Å²) in [5.41, 5.74) is 7.87. The van der Waals surface area contributed by atoms with Gasteiger partial charge in [0.05, 0.1) is 12.0 Å². The van der Waals surface area contributed by atoms with Crippen molar-refractivity contribution in [2.24, 2.45) is 5.73 Å². The van der Waals surface area contributed by atoms with Gasteiger partial charge in [0.15, 0.2) is 0 Å². The van der Waals surface area contributed by atoms with E-state index in [1.165, 1.54) is 0 Å². The molecule has 23 heavy (non-hydrogen) atoms. The Morgan fingerprint density at radius 2 is 1.87 bits per heavy atom. The van der Waals surface area contributed by atoms with Crippen LogP contribution in [0.25, 0.3) is 0 Å². The third-order valence-corrected chi connectivity index (χ3v) is 3.98. The summed E-state index contributed by atoms with van der Waals surface area (Å²) in [6.07, 6.45) is 0.786. The van der Waals surface area contributed by atoms with E-state index in [0.717, 1.165) is 23.3 Å². The molecule has 0 saturated heterocycles. The number of fused-ring (bicyclic) bond motifs is 1. The van der Waals surface area contributed by atoms with Gasteiger partial charge in [-0.2, -0.15) is 0 Å². The standard InChI is InChI=1S/C18H20N2O2.ClH/c19-11-16(13-6-2-1-3-7-13)18(21)20-15-10-14-8-4-5-9-17(14)22-12-15;/h1-9,15-16H,10-12,19H2,(H,20,21);1H. The molecule has 2 unspecified atom stereocenters. The van der Waals surface area contributed by atoms with Gasteiger partial charge in [0.2, 0.25) is 5.91 Å². The van der Waals surface area contributed by atoms with Gasteiger partial charge < -0.3 is 15.8 Å². The lowest BCUT2D eigenvalue weighted by Gasteiger charge is -2.27. The van der Waals surface area contributed by atoms with Crippen LogP contribution in [0.1, 0.15) is 17.0 Å². The molecule has 0 aromatic heterocycles. The summed E-state index contributed by atoms with van der Waals surface area (Å²) >= 11 is 0. The number of benzene rings is 2. The SMILES string of the molecule is Cl.NCC(C(=O)NC1COc2ccccc2C1)c1ccccc1. The van der Waals surface area contributed by atoms with Crippen LogP contribution in [0.4, 0.5) is 0 Å². The summed E-state index contributed by atoms with van der Waals surface area (Å²) in [5.74, 6) is 0.548. The van der Waals surface area contributed by atoms with Gasteiger partial charge in [-0.25, -0.2) is 0 Å². The fourth-order valence-electron chi connectivity index (χ4n) is 2.80. The largest absolute Gasteiger partial charge is 0.491 e. The van der Waals surface area contributed by atoms with Crippen LogP contribution in [-0.4, -0.2) is 25.1 Å². The van der Waals surface area contributed by atoms with Crippen molar-refractivity contribution >= 4 is 18.3 Å². The molecule has 2 aromatic rings. The molecule has 1 amide bonds. The number of nitrogens with one attached hydrogen (secondary N) is 1. The molecule has 2 atom stereocenters. The normalized spacial score (nSPS) is 17.2. The molecular formula is C18H21ClN2O2. The number of para-hydroxylation sites is 1. The second-order valence-electron chi connectivity index (χ2n) is 5.53. The van der Waals surface area contributed by atoms with Gasteiger partial charge >= 0.3 is 0 Å². The molecule has 1 aliphatic rings. The number of hydrogen-bond donors (Lipinski definition) is 2. The fraction of sp³-hybridized carbons (Fsp3) is 0.278. The zero-order valence-electron chi connectivity index (χ0n) is 12.8. The lowest BCUT2D eigenvalue weighted by molar-refractivity contribution is -0.123. The van der Waals surface area contributed by atoms with Crippen molar-refractivity contribution in [1.82, 2.24) is 5.32 Å². The number of rotatable bonds is 4. The molecule has 0 bridgehead atoms. The van der Waals surface area contributed by atoms with Crippen molar-refractivity contribution in [2.75, 3.05) is 13.2 Å². The third-order valence-electron chi connectivity index (χ3n) is 3.98. The van der Waals surface area contributed by atoms with E-state index in [1.807, 2.05) is 54.6 Å². The summed E-state index contributed by atoms with van der Waals surface area (Å²) in [5, 5.41) is 3.07. The van der Waals surface area contributed by atoms with E-state index in [2.05, 4.69) is 5.32 Å². The quantitative estimate of drug-likeness (QED) is 0.902. The smallest absolute Gasteiger partial charge is 0.229 e. The summed E-state index contributed by atoms with van der Waals surface area (Å²) in [6.45, 7) is 0.787. The van der Waals surface area contributed by atoms with E-state index in [4.69, 9.17) is 10.5 Å². The van der Waals surface area contributed by atoms with Crippen LogP contribution in [0.5, 0.6) is 5.75 Å². The van der Waals surface area contributed by atoms with Gasteiger partial charge in [-0.05, 0) is 23.6 Å². The molecule has 4 nitrogen and oxygen atoms in total. The monoisotopic (exact) mass is 332 g/mol. The average Bonchev–Trinajstić information content (AvgIpc) is 2.56. The molecule has 122 valence electrons. The van der Waals surface area contributed by atoms with Gasteiger partial charge in [0.1, 0.15) is 12.4 Å². The summed E-state index contributed by atoms with van der Waals surface area (Å²) in [7, 11) is 0. The zero-order chi connectivity index (χ0) is 15.4. The number of nitrogens with two attached hydrogens (primary N) is 1. The molecule has 3 N–H and O–H groups in total. The van der Waals surface area contributed by atoms with E-state index in [0.29, 0.717) is 13.2 Å². The zero-order valence-corrected chi connectivity index (χ0v) is 13.6. The van der Waals surface area contributed by atoms with E-state index in [9.17, 15) is 4.79 Å². The predicted molar refractivity (Wildman–Crippen MR) is 93.1 cm³/mol. The first-order chi connectivity index (χ1) is 10.8. The first-order valence-corrected chi connectivity index (χ1v) is 7.54. The Kier molecular flexibility index (Phi) is 6.02. The van der Waals surface area contributed by atoms with Crippen molar-refractivity contribution < 1.29 is 9.53 Å². The Bertz CT molecular complexity index is 648. The van der Waals surface area contributed by atoms with Crippen LogP contribution in [0.3, 0.4) is 0 Å². The number of ether oxygens (including phenoxy) is 1. The number of hydrogen-bond acceptors (Lipinski definition) is 3. The average molecular weight is 333 g/mol. The van der Waals surface area contributed by atoms with Crippen LogP contribution in [0.15, 0.2) is 54.6 Å². The highest BCUT2D eigenvalue weighted by atomic mass is 35.5. The molecular weight excluding hydrogens is 312 g/mol. The lowest BCUT2D eigenvalue weighted by Crippen LogP contribution is -2.45. The van der Waals surface area contributed by atoms with Gasteiger partial charge in [-0.1, -0.05) is 48.5 Å². The van der Waals surface area contributed by atoms with Gasteiger partial charge in [-0.15, -0.1) is 12.4 Å². The van der Waals surface area contributed by atoms with Crippen molar-refractivity contribution in [3.63, 3.8) is 0 Å². The van der Waals surface area contributed by atoms with Crippen LogP contribution in [0.2, 0.25) is 0 Å². The summed E-state index contributed by atoms with van der Waals surface area (Å²) < 4.78 is 5.71. The highest BCUT2D eigenvalue weighted by Crippen LogP contribution is 2.24. The maximum atomic E-state index is 12.5. The minimum atomic E-state index is -0.321. The molecule has 0 aliphatic carbocycles. The van der Waals surface area contributed by atoms with Crippen LogP contribution in [-0.2, 0) is 11.2 Å². The lowest BCUT2D eigenvalue weighted by atomic mass is 9.97. The highest BCUT2D eigenvalue weighted by molar-refractivity contribution is 5.85. The molecule has 0 spiro atoms. The van der Waals surface area contributed by atoms with Crippen molar-refractivity contribution in [2.45, 2.75) is 18.4 Å². The second kappa shape index (κ2) is 7.99. The van der Waals surface area contributed by atoms with Crippen molar-refractivity contribution in [3.8, 4) is 5.75 Å². The Morgan fingerprint density at radius 1 is 1.17 bits per heavy atom. The highest BCUT2D eigenvalue weighted by Gasteiger charge is 2.25. The van der Waals surface area contributed by atoms with Crippen LogP contribution >= 0.6 is 12.4 Å². The van der Waals surface area contributed by atoms with E-state index in [1.54, 1.807) is 0 Å². The van der Waals surface area contributed by atoms with Crippen molar-refractivity contribution in [3.05, 3.63) is 65.7 Å². The van der Waals surface area contributed by atoms with E-state index >= 15 is 0 Å². The summed E-state index contributed by atoms with van der Waals surface area (Å²) in [4.78, 5) is 12.5. The Hall–Kier alpha value is -2.04. The fourth-order valence-corrected chi connectivity index (χ4v) is 2.80. The van der Waals surface area contributed by atoms with E-state index in [-0.39, 0.29) is 30.3 Å². The molecule has 3 rings (SSSR count). The van der Waals surface area contributed by atoms with Gasteiger partial charge in [0.25, 0.3) is 0 Å². The van der Waals surface area contributed by atoms with E-state index < -0.39 is 0 Å². The van der Waals surface area contributed by atoms with Gasteiger partial charge in [-0.3, -0.25) is 4.79 Å². The minimum absolute atomic E-state index is 0. The van der Waals surface area contributed by atoms with Crippen LogP contribution < -0.4 is 15.8 Å². The Balaban J connectivity index is 0.00000192. The molecule has 1 heterocycles. The maximum absolute atomic E-state index is 12.5. The predicted octanol–water partition coefficient (Wildman–Crippen LogP) is 2.27. The number of carbonyl (C=O) groups is 1. The third kappa shape index (κ3) is 4.03. The maximum Gasteiger partial charge on any atom is 0.229 e. The molecule has 1 aliphatic heterocycles. The first-order valence-electron chi connectivity index (χ1n) is 7.54. The number of carbonyl (C=O) groups excluding carboxylic acids is 1. The number of halogens is 1. The molecule has 0 radical (unpaired) electrons. The number of amides is 1. The van der Waals surface area contributed by atoms with Gasteiger partial charge in [0, 0.05) is 6.54 Å². The minimum Gasteiger partial charge on any atom is -0.491 e. The Labute approximate surface area is 142 Å². The molecule has 5 heteroatoms. The molecule has 2 aromatic carbocycles. The first kappa shape index (κ1) is 17.3. The topological polar surface area (TPSA) is 64.4 Å². The summed E-state index contributed by atoms with van der Waals surface area (Å²) in [6, 6.07) is 17.6. The molecule has 0 fully saturated rings. The Morgan fingerprint density at radius 3 is 2.61 bits per heavy atom.